The highest BCUT2D eigenvalue weighted by Crippen LogP contribution is 2.28. The quantitative estimate of drug-likeness (QED) is 0.492. The highest BCUT2D eigenvalue weighted by molar-refractivity contribution is 7.92. The summed E-state index contributed by atoms with van der Waals surface area (Å²) in [5, 5.41) is 3.63. The highest BCUT2D eigenvalue weighted by Gasteiger charge is 2.27. The average molecular weight is 477 g/mol. The number of benzene rings is 3. The van der Waals surface area contributed by atoms with E-state index < -0.39 is 22.5 Å². The van der Waals surface area contributed by atoms with E-state index in [2.05, 4.69) is 5.32 Å². The Morgan fingerprint density at radius 3 is 2.19 bits per heavy atom. The van der Waals surface area contributed by atoms with Crippen molar-refractivity contribution in [3.63, 3.8) is 0 Å². The van der Waals surface area contributed by atoms with Gasteiger partial charge in [0.15, 0.2) is 0 Å². The lowest BCUT2D eigenvalue weighted by atomic mass is 10.2. The predicted molar refractivity (Wildman–Crippen MR) is 127 cm³/mol. The lowest BCUT2D eigenvalue weighted by Crippen LogP contribution is -2.38. The molecular weight excluding hydrogens is 455 g/mol. The van der Waals surface area contributed by atoms with E-state index in [0.29, 0.717) is 21.4 Å². The zero-order valence-corrected chi connectivity index (χ0v) is 19.6. The van der Waals surface area contributed by atoms with Gasteiger partial charge in [-0.3, -0.25) is 9.10 Å². The fraction of sp³-hybridized carbons (Fsp3) is 0.174. The monoisotopic (exact) mass is 476 g/mol. The average Bonchev–Trinajstić information content (AvgIpc) is 2.71. The Kier molecular flexibility index (Phi) is 6.94. The third-order valence-electron chi connectivity index (χ3n) is 4.81. The molecule has 8 heteroatoms. The molecule has 3 aromatic carbocycles. The molecule has 1 amide bonds. The van der Waals surface area contributed by atoms with E-state index in [1.807, 2.05) is 20.8 Å². The zero-order chi connectivity index (χ0) is 22.8. The molecule has 3 rings (SSSR count). The normalized spacial score (nSPS) is 11.3. The van der Waals surface area contributed by atoms with E-state index in [1.54, 1.807) is 48.5 Å². The molecule has 0 bridgehead atoms. The molecule has 0 aromatic heterocycles. The third kappa shape index (κ3) is 5.39. The van der Waals surface area contributed by atoms with Gasteiger partial charge in [-0.1, -0.05) is 53.0 Å². The summed E-state index contributed by atoms with van der Waals surface area (Å²) in [5.74, 6) is -0.502. The van der Waals surface area contributed by atoms with E-state index in [0.717, 1.165) is 21.0 Å². The van der Waals surface area contributed by atoms with Crippen LogP contribution in [0.2, 0.25) is 10.0 Å². The van der Waals surface area contributed by atoms with Crippen molar-refractivity contribution in [2.24, 2.45) is 0 Å². The second-order valence-corrected chi connectivity index (χ2v) is 9.97. The van der Waals surface area contributed by atoms with Crippen LogP contribution in [-0.4, -0.2) is 20.9 Å². The third-order valence-corrected chi connectivity index (χ3v) is 7.24. The Labute approximate surface area is 192 Å². The van der Waals surface area contributed by atoms with E-state index in [4.69, 9.17) is 23.2 Å². The van der Waals surface area contributed by atoms with E-state index in [1.165, 1.54) is 12.1 Å². The Morgan fingerprint density at radius 1 is 0.903 bits per heavy atom. The van der Waals surface area contributed by atoms with Gasteiger partial charge in [0.05, 0.1) is 10.6 Å². The number of carbonyl (C=O) groups is 1. The topological polar surface area (TPSA) is 66.5 Å². The van der Waals surface area contributed by atoms with Gasteiger partial charge < -0.3 is 5.32 Å². The molecule has 0 saturated heterocycles. The van der Waals surface area contributed by atoms with Gasteiger partial charge in [0.1, 0.15) is 6.54 Å². The number of hydrogen-bond donors (Lipinski definition) is 1. The van der Waals surface area contributed by atoms with Crippen LogP contribution in [0.15, 0.2) is 65.6 Å². The first kappa shape index (κ1) is 23.1. The largest absolute Gasteiger partial charge is 0.324 e. The van der Waals surface area contributed by atoms with E-state index in [9.17, 15) is 13.2 Å². The van der Waals surface area contributed by atoms with Crippen molar-refractivity contribution in [3.8, 4) is 0 Å². The minimum atomic E-state index is -4.02. The van der Waals surface area contributed by atoms with Crippen molar-refractivity contribution < 1.29 is 13.2 Å². The Bertz CT molecular complexity index is 1230. The molecule has 0 radical (unpaired) electrons. The van der Waals surface area contributed by atoms with Gasteiger partial charge in [-0.15, -0.1) is 0 Å². The summed E-state index contributed by atoms with van der Waals surface area (Å²) in [6, 6.07) is 16.5. The van der Waals surface area contributed by atoms with Crippen molar-refractivity contribution >= 4 is 50.5 Å². The number of anilines is 2. The molecular formula is C23H22Cl2N2O3S. The summed E-state index contributed by atoms with van der Waals surface area (Å²) >= 11 is 12.3. The summed E-state index contributed by atoms with van der Waals surface area (Å²) in [6.45, 7) is 5.09. The molecule has 5 nitrogen and oxygen atoms in total. The van der Waals surface area contributed by atoms with Gasteiger partial charge in [-0.2, -0.15) is 0 Å². The Balaban J connectivity index is 1.99. The highest BCUT2D eigenvalue weighted by atomic mass is 35.5. The number of halogens is 2. The van der Waals surface area contributed by atoms with Crippen molar-refractivity contribution in [2.45, 2.75) is 25.7 Å². The number of nitrogens with one attached hydrogen (secondary N) is 1. The van der Waals surface area contributed by atoms with Crippen LogP contribution in [-0.2, 0) is 14.8 Å². The van der Waals surface area contributed by atoms with Crippen LogP contribution in [0.1, 0.15) is 16.7 Å². The maximum atomic E-state index is 13.4. The summed E-state index contributed by atoms with van der Waals surface area (Å²) in [4.78, 5) is 12.9. The first-order valence-corrected chi connectivity index (χ1v) is 11.7. The van der Waals surface area contributed by atoms with Crippen molar-refractivity contribution in [3.05, 3.63) is 87.4 Å². The molecule has 1 N–H and O–H groups in total. The van der Waals surface area contributed by atoms with Crippen molar-refractivity contribution in [1.82, 2.24) is 0 Å². The van der Waals surface area contributed by atoms with Gasteiger partial charge in [-0.05, 0) is 68.3 Å². The van der Waals surface area contributed by atoms with Crippen LogP contribution in [0.3, 0.4) is 0 Å². The number of amides is 1. The number of carbonyl (C=O) groups excluding carboxylic acids is 1. The molecule has 0 aliphatic rings. The maximum Gasteiger partial charge on any atom is 0.264 e. The molecule has 0 unspecified atom stereocenters. The number of rotatable bonds is 6. The van der Waals surface area contributed by atoms with Gasteiger partial charge >= 0.3 is 0 Å². The molecule has 0 heterocycles. The summed E-state index contributed by atoms with van der Waals surface area (Å²) < 4.78 is 27.9. The van der Waals surface area contributed by atoms with Gasteiger partial charge in [-0.25, -0.2) is 8.42 Å². The van der Waals surface area contributed by atoms with Gasteiger partial charge in [0.25, 0.3) is 10.0 Å². The SMILES string of the molecule is Cc1ccc(S(=O)(=O)N(CC(=O)Nc2cc(Cl)ccc2C)c2ccc(C)c(Cl)c2)cc1. The van der Waals surface area contributed by atoms with E-state index >= 15 is 0 Å². The summed E-state index contributed by atoms with van der Waals surface area (Å²) in [6.07, 6.45) is 0. The Morgan fingerprint density at radius 2 is 1.55 bits per heavy atom. The number of nitrogens with zero attached hydrogens (tertiary/aromatic N) is 1. The molecule has 0 aliphatic carbocycles. The molecule has 3 aromatic rings. The van der Waals surface area contributed by atoms with Gasteiger partial charge in [0.2, 0.25) is 5.91 Å². The maximum absolute atomic E-state index is 13.4. The summed E-state index contributed by atoms with van der Waals surface area (Å²) in [5.41, 5.74) is 3.36. The number of hydrogen-bond acceptors (Lipinski definition) is 3. The van der Waals surface area contributed by atoms with E-state index in [-0.39, 0.29) is 4.90 Å². The van der Waals surface area contributed by atoms with Crippen LogP contribution in [0.4, 0.5) is 11.4 Å². The van der Waals surface area contributed by atoms with Crippen LogP contribution in [0.5, 0.6) is 0 Å². The van der Waals surface area contributed by atoms with Crippen molar-refractivity contribution in [1.29, 1.82) is 0 Å². The second-order valence-electron chi connectivity index (χ2n) is 7.27. The zero-order valence-electron chi connectivity index (χ0n) is 17.3. The van der Waals surface area contributed by atoms with Crippen LogP contribution >= 0.6 is 23.2 Å². The fourth-order valence-electron chi connectivity index (χ4n) is 2.94. The molecule has 0 aliphatic heterocycles. The predicted octanol–water partition coefficient (Wildman–Crippen LogP) is 5.75. The van der Waals surface area contributed by atoms with Gasteiger partial charge in [0, 0.05) is 15.7 Å². The molecule has 31 heavy (non-hydrogen) atoms. The van der Waals surface area contributed by atoms with Crippen LogP contribution in [0, 0.1) is 20.8 Å². The minimum absolute atomic E-state index is 0.0848. The molecule has 0 fully saturated rings. The lowest BCUT2D eigenvalue weighted by Gasteiger charge is -2.25. The van der Waals surface area contributed by atoms with Crippen LogP contribution in [0.25, 0.3) is 0 Å². The van der Waals surface area contributed by atoms with Crippen LogP contribution < -0.4 is 9.62 Å². The first-order chi connectivity index (χ1) is 14.6. The number of aryl methyl sites for hydroxylation is 3. The summed E-state index contributed by atoms with van der Waals surface area (Å²) in [7, 11) is -4.02. The second kappa shape index (κ2) is 9.30. The lowest BCUT2D eigenvalue weighted by molar-refractivity contribution is -0.114. The fourth-order valence-corrected chi connectivity index (χ4v) is 4.70. The first-order valence-electron chi connectivity index (χ1n) is 9.49. The smallest absolute Gasteiger partial charge is 0.264 e. The molecule has 0 atom stereocenters. The Hall–Kier alpha value is -2.54. The molecule has 0 saturated carbocycles. The molecule has 0 spiro atoms. The standard InChI is InChI=1S/C23H22Cl2N2O3S/c1-15-4-10-20(11-5-15)31(29,30)27(19-9-7-16(2)21(25)13-19)14-23(28)26-22-12-18(24)8-6-17(22)3/h4-13H,14H2,1-3H3,(H,26,28). The minimum Gasteiger partial charge on any atom is -0.324 e. The number of sulfonamides is 1. The molecule has 162 valence electrons. The van der Waals surface area contributed by atoms with Crippen molar-refractivity contribution in [2.75, 3.05) is 16.2 Å².